The molecule has 0 aliphatic carbocycles. The van der Waals surface area contributed by atoms with Gasteiger partial charge in [0.05, 0.1) is 32.2 Å². The van der Waals surface area contributed by atoms with Gasteiger partial charge in [0.15, 0.2) is 17.6 Å². The lowest BCUT2D eigenvalue weighted by Gasteiger charge is -2.14. The molecule has 0 saturated carbocycles. The fraction of sp³-hybridized carbons (Fsp3) is 0.185. The van der Waals surface area contributed by atoms with Gasteiger partial charge in [-0.1, -0.05) is 35.5 Å². The number of rotatable bonds is 12. The Bertz CT molecular complexity index is 1410. The van der Waals surface area contributed by atoms with Crippen LogP contribution in [0.5, 0.6) is 17.2 Å². The van der Waals surface area contributed by atoms with Crippen LogP contribution in [0.1, 0.15) is 5.82 Å². The largest absolute Gasteiger partial charge is 0.497 e. The molecule has 0 aliphatic heterocycles. The van der Waals surface area contributed by atoms with Gasteiger partial charge in [-0.15, -0.1) is 10.2 Å². The number of aromatic nitrogens is 3. The van der Waals surface area contributed by atoms with E-state index >= 15 is 0 Å². The Morgan fingerprint density at radius 2 is 1.62 bits per heavy atom. The van der Waals surface area contributed by atoms with Crippen molar-refractivity contribution in [1.29, 1.82) is 0 Å². The van der Waals surface area contributed by atoms with E-state index in [0.29, 0.717) is 44.6 Å². The minimum absolute atomic E-state index is 0.0759. The van der Waals surface area contributed by atoms with Crippen molar-refractivity contribution in [2.24, 2.45) is 0 Å². The van der Waals surface area contributed by atoms with Gasteiger partial charge in [0.25, 0.3) is 5.91 Å². The normalized spacial score (nSPS) is 10.5. The predicted octanol–water partition coefficient (Wildman–Crippen LogP) is 4.36. The molecule has 2 N–H and O–H groups in total. The highest BCUT2D eigenvalue weighted by atomic mass is 35.5. The van der Waals surface area contributed by atoms with E-state index in [2.05, 4.69) is 20.8 Å². The molecule has 3 aromatic carbocycles. The lowest BCUT2D eigenvalue weighted by atomic mass is 10.3. The van der Waals surface area contributed by atoms with Gasteiger partial charge in [-0.2, -0.15) is 0 Å². The van der Waals surface area contributed by atoms with Crippen LogP contribution in [-0.4, -0.2) is 53.2 Å². The van der Waals surface area contributed by atoms with Crippen LogP contribution in [0.15, 0.2) is 78.0 Å². The molecule has 12 heteroatoms. The number of hydrogen-bond donors (Lipinski definition) is 2. The molecule has 0 atom stereocenters. The van der Waals surface area contributed by atoms with Crippen molar-refractivity contribution in [3.63, 3.8) is 0 Å². The number of thioether (sulfide) groups is 1. The molecule has 4 rings (SSSR count). The monoisotopic (exact) mass is 567 g/mol. The lowest BCUT2D eigenvalue weighted by Crippen LogP contribution is -2.29. The summed E-state index contributed by atoms with van der Waals surface area (Å²) in [6, 6.07) is 21.1. The Morgan fingerprint density at radius 3 is 2.33 bits per heavy atom. The minimum atomic E-state index is -0.340. The third-order valence-corrected chi connectivity index (χ3v) is 6.54. The van der Waals surface area contributed by atoms with Gasteiger partial charge in [0.2, 0.25) is 5.91 Å². The number of methoxy groups -OCH3 is 2. The quantitative estimate of drug-likeness (QED) is 0.243. The summed E-state index contributed by atoms with van der Waals surface area (Å²) in [6.45, 7) is -0.107. The van der Waals surface area contributed by atoms with Gasteiger partial charge in [-0.25, -0.2) is 0 Å². The smallest absolute Gasteiger partial charge is 0.258 e. The summed E-state index contributed by atoms with van der Waals surface area (Å²) in [6.07, 6.45) is 0. The molecule has 39 heavy (non-hydrogen) atoms. The van der Waals surface area contributed by atoms with E-state index in [1.54, 1.807) is 67.3 Å². The van der Waals surface area contributed by atoms with Crippen LogP contribution in [-0.2, 0) is 16.1 Å². The molecule has 0 bridgehead atoms. The van der Waals surface area contributed by atoms with E-state index in [9.17, 15) is 9.59 Å². The number of amides is 2. The summed E-state index contributed by atoms with van der Waals surface area (Å²) in [5.41, 5.74) is 1.32. The molecule has 0 aliphatic rings. The number of hydrogen-bond acceptors (Lipinski definition) is 8. The number of nitrogens with one attached hydrogen (secondary N) is 2. The minimum Gasteiger partial charge on any atom is -0.497 e. The van der Waals surface area contributed by atoms with Gasteiger partial charge in [0, 0.05) is 10.7 Å². The van der Waals surface area contributed by atoms with Crippen LogP contribution in [0.25, 0.3) is 5.69 Å². The number of benzene rings is 3. The first-order valence-corrected chi connectivity index (χ1v) is 13.1. The Kier molecular flexibility index (Phi) is 9.65. The van der Waals surface area contributed by atoms with Crippen LogP contribution in [0.2, 0.25) is 5.02 Å². The predicted molar refractivity (Wildman–Crippen MR) is 149 cm³/mol. The first-order valence-electron chi connectivity index (χ1n) is 11.8. The summed E-state index contributed by atoms with van der Waals surface area (Å²) in [5.74, 6) is 1.79. The second kappa shape index (κ2) is 13.5. The van der Waals surface area contributed by atoms with E-state index in [4.69, 9.17) is 25.8 Å². The van der Waals surface area contributed by atoms with Crippen molar-refractivity contribution in [2.75, 3.05) is 31.9 Å². The molecule has 0 radical (unpaired) electrons. The van der Waals surface area contributed by atoms with Crippen LogP contribution < -0.4 is 24.8 Å². The van der Waals surface area contributed by atoms with Crippen molar-refractivity contribution in [3.8, 4) is 22.9 Å². The topological polar surface area (TPSA) is 117 Å². The Labute approximate surface area is 234 Å². The Hall–Kier alpha value is -4.22. The molecule has 0 spiro atoms. The molecule has 202 valence electrons. The molecule has 10 nitrogen and oxygen atoms in total. The summed E-state index contributed by atoms with van der Waals surface area (Å²) >= 11 is 7.09. The summed E-state index contributed by atoms with van der Waals surface area (Å²) in [4.78, 5) is 25.1. The second-order valence-corrected chi connectivity index (χ2v) is 9.37. The maximum absolute atomic E-state index is 12.6. The zero-order valence-electron chi connectivity index (χ0n) is 21.2. The number of anilines is 1. The van der Waals surface area contributed by atoms with Crippen molar-refractivity contribution in [3.05, 3.63) is 83.6 Å². The van der Waals surface area contributed by atoms with E-state index < -0.39 is 0 Å². The second-order valence-electron chi connectivity index (χ2n) is 7.99. The lowest BCUT2D eigenvalue weighted by molar-refractivity contribution is -0.123. The number of ether oxygens (including phenoxy) is 3. The molecule has 4 aromatic rings. The summed E-state index contributed by atoms with van der Waals surface area (Å²) in [5, 5.41) is 15.2. The summed E-state index contributed by atoms with van der Waals surface area (Å²) in [7, 11) is 3.14. The summed E-state index contributed by atoms with van der Waals surface area (Å²) < 4.78 is 17.9. The van der Waals surface area contributed by atoms with Gasteiger partial charge in [0.1, 0.15) is 17.2 Å². The average molecular weight is 568 g/mol. The standard InChI is InChI=1S/C27H26ClN5O5S/c1-36-20-13-9-19(10-14-20)30-26(35)17-39-27-32-31-24(33(27)22-5-3-4-6-23(22)37-2)15-29-25(34)16-38-21-11-7-18(28)8-12-21/h3-14H,15-17H2,1-2H3,(H,29,34)(H,30,35). The van der Waals surface area contributed by atoms with Crippen LogP contribution >= 0.6 is 23.4 Å². The van der Waals surface area contributed by atoms with Crippen LogP contribution in [0, 0.1) is 0 Å². The van der Waals surface area contributed by atoms with Gasteiger partial charge >= 0.3 is 0 Å². The van der Waals surface area contributed by atoms with Gasteiger partial charge < -0.3 is 24.8 Å². The Morgan fingerprint density at radius 1 is 0.897 bits per heavy atom. The number of para-hydroxylation sites is 2. The number of nitrogens with zero attached hydrogens (tertiary/aromatic N) is 3. The SMILES string of the molecule is COc1ccc(NC(=O)CSc2nnc(CNC(=O)COc3ccc(Cl)cc3)n2-c2ccccc2OC)cc1. The Balaban J connectivity index is 1.44. The van der Waals surface area contributed by atoms with Gasteiger partial charge in [-0.05, 0) is 60.7 Å². The highest BCUT2D eigenvalue weighted by Crippen LogP contribution is 2.29. The molecule has 0 fully saturated rings. The van der Waals surface area contributed by atoms with E-state index in [-0.39, 0.29) is 30.7 Å². The zero-order chi connectivity index (χ0) is 27.6. The van der Waals surface area contributed by atoms with Crippen molar-refractivity contribution >= 4 is 40.9 Å². The molecule has 0 saturated heterocycles. The van der Waals surface area contributed by atoms with Crippen LogP contribution in [0.4, 0.5) is 5.69 Å². The molecule has 2 amide bonds. The zero-order valence-corrected chi connectivity index (χ0v) is 22.8. The molecule has 0 unspecified atom stereocenters. The van der Waals surface area contributed by atoms with E-state index in [1.807, 2.05) is 24.3 Å². The number of carbonyl (C=O) groups is 2. The van der Waals surface area contributed by atoms with Crippen molar-refractivity contribution in [1.82, 2.24) is 20.1 Å². The third-order valence-electron chi connectivity index (χ3n) is 5.36. The number of carbonyl (C=O) groups excluding carboxylic acids is 2. The molecule has 1 heterocycles. The maximum atomic E-state index is 12.6. The van der Waals surface area contributed by atoms with E-state index in [1.165, 1.54) is 11.8 Å². The fourth-order valence-electron chi connectivity index (χ4n) is 3.47. The maximum Gasteiger partial charge on any atom is 0.258 e. The first kappa shape index (κ1) is 27.8. The van der Waals surface area contributed by atoms with Crippen LogP contribution in [0.3, 0.4) is 0 Å². The van der Waals surface area contributed by atoms with Crippen molar-refractivity contribution in [2.45, 2.75) is 11.7 Å². The molecular weight excluding hydrogens is 542 g/mol. The first-order chi connectivity index (χ1) is 19.0. The van der Waals surface area contributed by atoms with E-state index in [0.717, 1.165) is 0 Å². The average Bonchev–Trinajstić information content (AvgIpc) is 3.37. The van der Waals surface area contributed by atoms with Gasteiger partial charge in [-0.3, -0.25) is 14.2 Å². The molecule has 1 aromatic heterocycles. The highest BCUT2D eigenvalue weighted by Gasteiger charge is 2.19. The number of halogens is 1. The fourth-order valence-corrected chi connectivity index (χ4v) is 4.36. The van der Waals surface area contributed by atoms with Crippen molar-refractivity contribution < 1.29 is 23.8 Å². The molecular formula is C27H26ClN5O5S. The highest BCUT2D eigenvalue weighted by molar-refractivity contribution is 7.99. The third kappa shape index (κ3) is 7.65.